The molecule has 0 aliphatic carbocycles. The lowest BCUT2D eigenvalue weighted by Crippen LogP contribution is -2.47. The Morgan fingerprint density at radius 1 is 1.05 bits per heavy atom. The molecule has 10 heteroatoms. The smallest absolute Gasteiger partial charge is 0.255 e. The summed E-state index contributed by atoms with van der Waals surface area (Å²) in [4.78, 5) is 44.0. The third-order valence-corrected chi connectivity index (χ3v) is 9.32. The van der Waals surface area contributed by atoms with Gasteiger partial charge in [-0.25, -0.2) is 4.39 Å². The Morgan fingerprint density at radius 3 is 2.26 bits per heavy atom. The van der Waals surface area contributed by atoms with Crippen molar-refractivity contribution in [3.05, 3.63) is 110 Å². The Balaban J connectivity index is 1.80. The number of nitrogens with zero attached hydrogens (tertiary/aromatic N) is 3. The fraction of sp³-hybridized carbons (Fsp3) is 0.312. The van der Waals surface area contributed by atoms with Gasteiger partial charge in [0, 0.05) is 24.1 Å². The fourth-order valence-electron chi connectivity index (χ4n) is 6.03. The number of primary amides is 1. The molecule has 0 saturated carbocycles. The molecular weight excluding hydrogens is 575 g/mol. The first kappa shape index (κ1) is 29.7. The zero-order valence-corrected chi connectivity index (χ0v) is 25.5. The van der Waals surface area contributed by atoms with Crippen molar-refractivity contribution < 1.29 is 18.8 Å². The summed E-state index contributed by atoms with van der Waals surface area (Å²) in [6.45, 7) is 8.02. The minimum absolute atomic E-state index is 0.0231. The number of Topliss-reactive ketones (excluding diaryl/α,β-unsaturated/α-hetero) is 1. The summed E-state index contributed by atoms with van der Waals surface area (Å²) in [5.41, 5.74) is 8.67. The Morgan fingerprint density at radius 2 is 1.74 bits per heavy atom. The maximum Gasteiger partial charge on any atom is 0.255 e. The number of ketones is 1. The number of aryl methyl sites for hydroxylation is 2. The van der Waals surface area contributed by atoms with Crippen LogP contribution >= 0.6 is 22.9 Å². The van der Waals surface area contributed by atoms with E-state index in [1.165, 1.54) is 39.1 Å². The van der Waals surface area contributed by atoms with Gasteiger partial charge >= 0.3 is 0 Å². The normalized spacial score (nSPS) is 20.6. The Bertz CT molecular complexity index is 1660. The zero-order valence-electron chi connectivity index (χ0n) is 24.0. The summed E-state index contributed by atoms with van der Waals surface area (Å²) in [6.07, 6.45) is 0. The highest BCUT2D eigenvalue weighted by Crippen LogP contribution is 2.53. The van der Waals surface area contributed by atoms with E-state index in [0.29, 0.717) is 21.7 Å². The first-order valence-electron chi connectivity index (χ1n) is 13.6. The van der Waals surface area contributed by atoms with E-state index in [0.717, 1.165) is 11.6 Å². The van der Waals surface area contributed by atoms with E-state index in [1.54, 1.807) is 31.5 Å². The van der Waals surface area contributed by atoms with E-state index in [2.05, 4.69) is 25.9 Å². The fourth-order valence-corrected chi connectivity index (χ4v) is 7.03. The monoisotopic (exact) mass is 606 g/mol. The Kier molecular flexibility index (Phi) is 7.85. The average Bonchev–Trinajstić information content (AvgIpc) is 3.64. The number of rotatable bonds is 6. The van der Waals surface area contributed by atoms with Crippen molar-refractivity contribution in [2.45, 2.75) is 51.1 Å². The molecule has 0 bridgehead atoms. The van der Waals surface area contributed by atoms with Gasteiger partial charge in [-0.3, -0.25) is 19.1 Å². The average molecular weight is 607 g/mol. The van der Waals surface area contributed by atoms with Crippen molar-refractivity contribution in [1.82, 2.24) is 14.7 Å². The summed E-state index contributed by atoms with van der Waals surface area (Å²) in [5.74, 6) is -4.04. The van der Waals surface area contributed by atoms with Crippen molar-refractivity contribution in [3.8, 4) is 0 Å². The van der Waals surface area contributed by atoms with Crippen molar-refractivity contribution in [2.75, 3.05) is 0 Å². The first-order chi connectivity index (χ1) is 19.8. The van der Waals surface area contributed by atoms with Crippen LogP contribution in [0.1, 0.15) is 75.1 Å². The van der Waals surface area contributed by atoms with Gasteiger partial charge in [-0.05, 0) is 53.1 Å². The number of carbonyl (C=O) groups excluding carboxylic acids is 3. The highest BCUT2D eigenvalue weighted by atomic mass is 35.5. The number of thiophene rings is 1. The molecule has 2 N–H and O–H groups in total. The van der Waals surface area contributed by atoms with E-state index in [1.807, 2.05) is 24.3 Å². The van der Waals surface area contributed by atoms with Gasteiger partial charge in [0.25, 0.3) is 5.91 Å². The first-order valence-corrected chi connectivity index (χ1v) is 14.8. The molecule has 5 rings (SSSR count). The molecule has 0 radical (unpaired) electrons. The quantitative estimate of drug-likeness (QED) is 0.264. The third-order valence-electron chi connectivity index (χ3n) is 7.98. The second-order valence-corrected chi connectivity index (χ2v) is 13.0. The summed E-state index contributed by atoms with van der Waals surface area (Å²) < 4.78 is 15.8. The highest BCUT2D eigenvalue weighted by molar-refractivity contribution is 7.12. The van der Waals surface area contributed by atoms with Crippen molar-refractivity contribution >= 4 is 40.5 Å². The number of hydrogen-bond donors (Lipinski definition) is 1. The topological polar surface area (TPSA) is 98.3 Å². The second kappa shape index (κ2) is 11.1. The van der Waals surface area contributed by atoms with E-state index < -0.39 is 41.6 Å². The SMILES string of the molecule is Cc1nn(C)c(Cl)c1C1C(C(=O)c2cccs2)C(c2ccc(C(C)(C)C)cc2)C(C(N)=O)N1C(=O)c1cccc(F)c1. The third kappa shape index (κ3) is 5.16. The van der Waals surface area contributed by atoms with Gasteiger partial charge < -0.3 is 10.6 Å². The molecule has 3 heterocycles. The molecular formula is C32H32ClFN4O3S. The number of carbonyl (C=O) groups is 3. The number of halogens is 2. The summed E-state index contributed by atoms with van der Waals surface area (Å²) in [5, 5.41) is 6.49. The number of hydrogen-bond acceptors (Lipinski definition) is 5. The van der Waals surface area contributed by atoms with Gasteiger partial charge in [0.1, 0.15) is 17.0 Å². The minimum Gasteiger partial charge on any atom is -0.368 e. The standard InChI is InChI=1S/C32H32ClFN4O3S/c1-17-23(29(33)37(5)36-17)26-25(28(39)22-10-7-15-42-22)24(18-11-13-20(14-12-18)32(2,3)4)27(30(35)40)38(26)31(41)19-8-6-9-21(34)16-19/h6-16,24-27H,1-5H3,(H2,35,40). The molecule has 2 aromatic carbocycles. The van der Waals surface area contributed by atoms with Crippen LogP contribution in [-0.2, 0) is 17.3 Å². The predicted molar refractivity (Wildman–Crippen MR) is 161 cm³/mol. The van der Waals surface area contributed by atoms with Crippen molar-refractivity contribution in [2.24, 2.45) is 18.7 Å². The summed E-state index contributed by atoms with van der Waals surface area (Å²) in [6, 6.07) is 14.2. The molecule has 4 aromatic rings. The van der Waals surface area contributed by atoms with Crippen LogP contribution in [-0.4, -0.2) is 38.3 Å². The van der Waals surface area contributed by atoms with Crippen LogP contribution in [0.3, 0.4) is 0 Å². The molecule has 1 aliphatic rings. The van der Waals surface area contributed by atoms with Crippen LogP contribution in [0.2, 0.25) is 5.15 Å². The maximum atomic E-state index is 14.4. The van der Waals surface area contributed by atoms with Crippen LogP contribution in [0, 0.1) is 18.7 Å². The lowest BCUT2D eigenvalue weighted by molar-refractivity contribution is -0.122. The van der Waals surface area contributed by atoms with Crippen LogP contribution in [0.15, 0.2) is 66.0 Å². The molecule has 0 spiro atoms. The van der Waals surface area contributed by atoms with Crippen LogP contribution in [0.5, 0.6) is 0 Å². The number of amides is 2. The molecule has 2 amide bonds. The predicted octanol–water partition coefficient (Wildman–Crippen LogP) is 6.21. The largest absolute Gasteiger partial charge is 0.368 e. The summed E-state index contributed by atoms with van der Waals surface area (Å²) in [7, 11) is 1.66. The van der Waals surface area contributed by atoms with Gasteiger partial charge in [-0.1, -0.05) is 68.8 Å². The van der Waals surface area contributed by atoms with Crippen LogP contribution in [0.25, 0.3) is 0 Å². The number of benzene rings is 2. The number of likely N-dealkylation sites (tertiary alicyclic amines) is 1. The van der Waals surface area contributed by atoms with Crippen LogP contribution in [0.4, 0.5) is 4.39 Å². The van der Waals surface area contributed by atoms with Gasteiger partial charge in [0.05, 0.1) is 22.5 Å². The Hall–Kier alpha value is -3.82. The van der Waals surface area contributed by atoms with E-state index >= 15 is 0 Å². The number of nitrogens with two attached hydrogens (primary N) is 1. The molecule has 4 unspecified atom stereocenters. The van der Waals surface area contributed by atoms with Gasteiger partial charge in [-0.15, -0.1) is 11.3 Å². The molecule has 2 aromatic heterocycles. The van der Waals surface area contributed by atoms with E-state index in [4.69, 9.17) is 17.3 Å². The van der Waals surface area contributed by atoms with Crippen molar-refractivity contribution in [3.63, 3.8) is 0 Å². The molecule has 1 saturated heterocycles. The van der Waals surface area contributed by atoms with Gasteiger partial charge in [0.2, 0.25) is 5.91 Å². The summed E-state index contributed by atoms with van der Waals surface area (Å²) >= 11 is 8.08. The minimum atomic E-state index is -1.24. The molecule has 1 aliphatic heterocycles. The molecule has 1 fully saturated rings. The van der Waals surface area contributed by atoms with E-state index in [-0.39, 0.29) is 21.9 Å². The second-order valence-electron chi connectivity index (χ2n) is 11.7. The number of aromatic nitrogens is 2. The van der Waals surface area contributed by atoms with E-state index in [9.17, 15) is 18.8 Å². The van der Waals surface area contributed by atoms with Gasteiger partial charge in [0.15, 0.2) is 5.78 Å². The Labute approximate surface area is 253 Å². The van der Waals surface area contributed by atoms with Gasteiger partial charge in [-0.2, -0.15) is 5.10 Å². The molecule has 7 nitrogen and oxygen atoms in total. The van der Waals surface area contributed by atoms with Crippen molar-refractivity contribution in [1.29, 1.82) is 0 Å². The maximum absolute atomic E-state index is 14.4. The molecule has 42 heavy (non-hydrogen) atoms. The lowest BCUT2D eigenvalue weighted by Gasteiger charge is -2.30. The van der Waals surface area contributed by atoms with Crippen LogP contribution < -0.4 is 5.73 Å². The molecule has 4 atom stereocenters. The zero-order chi connectivity index (χ0) is 30.5. The molecule has 218 valence electrons. The lowest BCUT2D eigenvalue weighted by atomic mass is 9.76. The highest BCUT2D eigenvalue weighted by Gasteiger charge is 2.58.